The lowest BCUT2D eigenvalue weighted by atomic mass is 9.90. The maximum Gasteiger partial charge on any atom is 0.123 e. The van der Waals surface area contributed by atoms with Gasteiger partial charge in [-0.2, -0.15) is 0 Å². The van der Waals surface area contributed by atoms with Crippen molar-refractivity contribution in [3.8, 4) is 0 Å². The van der Waals surface area contributed by atoms with E-state index in [1.807, 2.05) is 6.07 Å². The Kier molecular flexibility index (Phi) is 3.60. The molecule has 100 valence electrons. The van der Waals surface area contributed by atoms with Crippen molar-refractivity contribution in [3.05, 3.63) is 45.3 Å². The molecule has 1 aromatic carbocycles. The highest BCUT2D eigenvalue weighted by atomic mass is 79.9. The summed E-state index contributed by atoms with van der Waals surface area (Å²) in [6.45, 7) is 1.73. The van der Waals surface area contributed by atoms with Crippen molar-refractivity contribution < 1.29 is 5.11 Å². The van der Waals surface area contributed by atoms with E-state index in [1.165, 1.54) is 17.0 Å². The summed E-state index contributed by atoms with van der Waals surface area (Å²) < 4.78 is 0.785. The van der Waals surface area contributed by atoms with Crippen molar-refractivity contribution in [1.29, 1.82) is 0 Å². The van der Waals surface area contributed by atoms with Crippen molar-refractivity contribution in [2.75, 3.05) is 18.0 Å². The second-order valence-electron chi connectivity index (χ2n) is 4.83. The molecule has 19 heavy (non-hydrogen) atoms. The zero-order valence-electron chi connectivity index (χ0n) is 10.4. The molecule has 0 radical (unpaired) electrons. The van der Waals surface area contributed by atoms with Gasteiger partial charge >= 0.3 is 0 Å². The number of nitrogens with zero attached hydrogens (tertiary/aromatic N) is 2. The van der Waals surface area contributed by atoms with Gasteiger partial charge in [-0.1, -0.05) is 18.2 Å². The van der Waals surface area contributed by atoms with Gasteiger partial charge in [-0.25, -0.2) is 4.98 Å². The Labute approximate surface area is 125 Å². The molecule has 1 aromatic heterocycles. The number of thiazole rings is 1. The standard InChI is InChI=1S/C14H15BrN2OS/c15-13-12(19-10-16-13)14(18)6-8-17(9-7-14)11-4-2-1-3-5-11/h1-5,10,18H,6-9H2. The van der Waals surface area contributed by atoms with Crippen LogP contribution in [0.25, 0.3) is 0 Å². The predicted molar refractivity (Wildman–Crippen MR) is 81.6 cm³/mol. The first kappa shape index (κ1) is 13.1. The van der Waals surface area contributed by atoms with E-state index in [4.69, 9.17) is 0 Å². The summed E-state index contributed by atoms with van der Waals surface area (Å²) >= 11 is 4.95. The van der Waals surface area contributed by atoms with Crippen LogP contribution in [0, 0.1) is 0 Å². The Morgan fingerprint density at radius 3 is 2.47 bits per heavy atom. The average molecular weight is 339 g/mol. The summed E-state index contributed by atoms with van der Waals surface area (Å²) in [4.78, 5) is 7.46. The molecule has 0 amide bonds. The van der Waals surface area contributed by atoms with Gasteiger partial charge in [0.15, 0.2) is 0 Å². The smallest absolute Gasteiger partial charge is 0.123 e. The summed E-state index contributed by atoms with van der Waals surface area (Å²) in [6.07, 6.45) is 1.48. The van der Waals surface area contributed by atoms with Crippen LogP contribution in [0.1, 0.15) is 17.7 Å². The number of aliphatic hydroxyl groups is 1. The van der Waals surface area contributed by atoms with Crippen LogP contribution in [0.3, 0.4) is 0 Å². The number of rotatable bonds is 2. The van der Waals surface area contributed by atoms with Crippen LogP contribution in [0.4, 0.5) is 5.69 Å². The topological polar surface area (TPSA) is 36.4 Å². The van der Waals surface area contributed by atoms with Crippen molar-refractivity contribution in [3.63, 3.8) is 0 Å². The van der Waals surface area contributed by atoms with Gasteiger partial charge in [0.2, 0.25) is 0 Å². The summed E-state index contributed by atoms with van der Waals surface area (Å²) in [7, 11) is 0. The molecule has 0 spiro atoms. The zero-order chi connectivity index (χ0) is 13.3. The van der Waals surface area contributed by atoms with Crippen molar-refractivity contribution >= 4 is 33.0 Å². The number of para-hydroxylation sites is 1. The third-order valence-electron chi connectivity index (χ3n) is 3.66. The maximum atomic E-state index is 10.8. The van der Waals surface area contributed by atoms with Gasteiger partial charge in [-0.3, -0.25) is 0 Å². The van der Waals surface area contributed by atoms with Crippen molar-refractivity contribution in [2.45, 2.75) is 18.4 Å². The molecule has 1 N–H and O–H groups in total. The van der Waals surface area contributed by atoms with Crippen molar-refractivity contribution in [2.24, 2.45) is 0 Å². The molecule has 2 heterocycles. The molecular formula is C14H15BrN2OS. The monoisotopic (exact) mass is 338 g/mol. The van der Waals surface area contributed by atoms with Crippen LogP contribution >= 0.6 is 27.3 Å². The molecule has 0 saturated carbocycles. The van der Waals surface area contributed by atoms with Crippen LogP contribution in [0.2, 0.25) is 0 Å². The van der Waals surface area contributed by atoms with E-state index in [-0.39, 0.29) is 0 Å². The molecule has 2 aromatic rings. The summed E-state index contributed by atoms with van der Waals surface area (Å²) in [5, 5.41) is 10.8. The maximum absolute atomic E-state index is 10.8. The molecule has 1 saturated heterocycles. The van der Waals surface area contributed by atoms with Gasteiger partial charge in [0.1, 0.15) is 10.2 Å². The van der Waals surface area contributed by atoms with E-state index < -0.39 is 5.60 Å². The lowest BCUT2D eigenvalue weighted by Gasteiger charge is -2.38. The predicted octanol–water partition coefficient (Wildman–Crippen LogP) is 3.39. The number of benzene rings is 1. The molecular weight excluding hydrogens is 324 g/mol. The van der Waals surface area contributed by atoms with E-state index in [2.05, 4.69) is 50.1 Å². The first-order valence-electron chi connectivity index (χ1n) is 6.31. The quantitative estimate of drug-likeness (QED) is 0.911. The summed E-state index contributed by atoms with van der Waals surface area (Å²) in [5.41, 5.74) is 2.28. The number of piperidine rings is 1. The molecule has 3 rings (SSSR count). The molecule has 0 atom stereocenters. The molecule has 0 aliphatic carbocycles. The minimum absolute atomic E-state index is 0.731. The molecule has 1 aliphatic heterocycles. The van der Waals surface area contributed by atoms with Gasteiger partial charge in [0.05, 0.1) is 10.4 Å². The third-order valence-corrected chi connectivity index (χ3v) is 5.54. The molecule has 0 unspecified atom stereocenters. The zero-order valence-corrected chi connectivity index (χ0v) is 12.8. The van der Waals surface area contributed by atoms with Crippen molar-refractivity contribution in [1.82, 2.24) is 4.98 Å². The lowest BCUT2D eigenvalue weighted by molar-refractivity contribution is 0.0145. The molecule has 1 aliphatic rings. The third kappa shape index (κ3) is 2.55. The lowest BCUT2D eigenvalue weighted by Crippen LogP contribution is -2.42. The number of hydrogen-bond donors (Lipinski definition) is 1. The number of halogens is 1. The number of aromatic nitrogens is 1. The Balaban J connectivity index is 1.75. The van der Waals surface area contributed by atoms with Crippen LogP contribution in [-0.2, 0) is 5.60 Å². The summed E-state index contributed by atoms with van der Waals surface area (Å²) in [5.74, 6) is 0. The van der Waals surface area contributed by atoms with E-state index in [0.717, 1.165) is 35.4 Å². The Hall–Kier alpha value is -0.910. The van der Waals surface area contributed by atoms with E-state index in [1.54, 1.807) is 5.51 Å². The Morgan fingerprint density at radius 1 is 1.21 bits per heavy atom. The van der Waals surface area contributed by atoms with Gasteiger partial charge in [0, 0.05) is 18.8 Å². The highest BCUT2D eigenvalue weighted by Gasteiger charge is 2.37. The second kappa shape index (κ2) is 5.23. The number of hydrogen-bond acceptors (Lipinski definition) is 4. The van der Waals surface area contributed by atoms with Crippen LogP contribution in [0.5, 0.6) is 0 Å². The Bertz CT molecular complexity index is 550. The normalized spacial score (nSPS) is 18.5. The van der Waals surface area contributed by atoms with Gasteiger partial charge in [0.25, 0.3) is 0 Å². The highest BCUT2D eigenvalue weighted by Crippen LogP contribution is 2.39. The average Bonchev–Trinajstić information content (AvgIpc) is 2.88. The molecule has 5 heteroatoms. The van der Waals surface area contributed by atoms with E-state index in [0.29, 0.717) is 0 Å². The minimum atomic E-state index is -0.731. The van der Waals surface area contributed by atoms with Crippen LogP contribution < -0.4 is 4.90 Å². The first-order valence-corrected chi connectivity index (χ1v) is 7.98. The van der Waals surface area contributed by atoms with Gasteiger partial charge < -0.3 is 10.0 Å². The van der Waals surface area contributed by atoms with E-state index in [9.17, 15) is 5.11 Å². The number of anilines is 1. The highest BCUT2D eigenvalue weighted by molar-refractivity contribution is 9.10. The fourth-order valence-corrected chi connectivity index (χ4v) is 4.26. The second-order valence-corrected chi connectivity index (χ2v) is 6.43. The fraction of sp³-hybridized carbons (Fsp3) is 0.357. The molecule has 0 bridgehead atoms. The largest absolute Gasteiger partial charge is 0.384 e. The van der Waals surface area contributed by atoms with E-state index >= 15 is 0 Å². The summed E-state index contributed by atoms with van der Waals surface area (Å²) in [6, 6.07) is 10.4. The van der Waals surface area contributed by atoms with Crippen LogP contribution in [-0.4, -0.2) is 23.2 Å². The fourth-order valence-electron chi connectivity index (χ4n) is 2.53. The SMILES string of the molecule is OC1(c2scnc2Br)CCN(c2ccccc2)CC1. The first-order chi connectivity index (χ1) is 9.19. The van der Waals surface area contributed by atoms with Gasteiger partial charge in [-0.15, -0.1) is 11.3 Å². The Morgan fingerprint density at radius 2 is 1.89 bits per heavy atom. The molecule has 3 nitrogen and oxygen atoms in total. The molecule has 1 fully saturated rings. The minimum Gasteiger partial charge on any atom is -0.384 e. The van der Waals surface area contributed by atoms with Gasteiger partial charge in [-0.05, 0) is 40.9 Å². The van der Waals surface area contributed by atoms with Crippen LogP contribution in [0.15, 0.2) is 40.4 Å².